The van der Waals surface area contributed by atoms with Gasteiger partial charge >= 0.3 is 6.09 Å². The number of nitrogens with zero attached hydrogens (tertiary/aromatic N) is 3. The van der Waals surface area contributed by atoms with Gasteiger partial charge in [-0.2, -0.15) is 0 Å². The van der Waals surface area contributed by atoms with Gasteiger partial charge in [-0.05, 0) is 75.1 Å². The number of likely N-dealkylation sites (tertiary alicyclic amines) is 1. The van der Waals surface area contributed by atoms with E-state index in [0.717, 1.165) is 28.8 Å². The van der Waals surface area contributed by atoms with Crippen molar-refractivity contribution in [1.29, 1.82) is 0 Å². The Morgan fingerprint density at radius 2 is 1.97 bits per heavy atom. The third-order valence-corrected chi connectivity index (χ3v) is 6.92. The number of hydrogen-bond acceptors (Lipinski definition) is 4. The highest BCUT2D eigenvalue weighted by Crippen LogP contribution is 2.25. The molecule has 10 heteroatoms. The average molecular weight is 538 g/mol. The molecule has 1 aliphatic rings. The highest BCUT2D eigenvalue weighted by Gasteiger charge is 2.35. The van der Waals surface area contributed by atoms with Crippen LogP contribution in [0.25, 0.3) is 11.3 Å². The molecule has 0 radical (unpaired) electrons. The summed E-state index contributed by atoms with van der Waals surface area (Å²) < 4.78 is 0. The number of pyridine rings is 1. The molecule has 0 saturated carbocycles. The van der Waals surface area contributed by atoms with E-state index in [-0.39, 0.29) is 24.9 Å². The average Bonchev–Trinajstić information content (AvgIpc) is 3.56. The van der Waals surface area contributed by atoms with Crippen molar-refractivity contribution in [1.82, 2.24) is 25.1 Å². The van der Waals surface area contributed by atoms with Crippen LogP contribution in [0.15, 0.2) is 54.9 Å². The number of carboxylic acid groups (broad SMARTS) is 1. The van der Waals surface area contributed by atoms with Crippen molar-refractivity contribution < 1.29 is 19.5 Å². The van der Waals surface area contributed by atoms with Crippen LogP contribution in [0.2, 0.25) is 5.02 Å². The molecule has 38 heavy (non-hydrogen) atoms. The number of hydrogen-bond donors (Lipinski definition) is 3. The van der Waals surface area contributed by atoms with Crippen LogP contribution in [0, 0.1) is 0 Å². The maximum absolute atomic E-state index is 13.3. The summed E-state index contributed by atoms with van der Waals surface area (Å²) in [7, 11) is 0. The quantitative estimate of drug-likeness (QED) is 0.395. The third-order valence-electron chi connectivity index (χ3n) is 6.68. The zero-order chi connectivity index (χ0) is 27.4. The van der Waals surface area contributed by atoms with Gasteiger partial charge in [0.2, 0.25) is 5.91 Å². The van der Waals surface area contributed by atoms with Crippen LogP contribution in [0.1, 0.15) is 55.2 Å². The first kappa shape index (κ1) is 27.2. The molecular formula is C28H32ClN5O4. The van der Waals surface area contributed by atoms with Gasteiger partial charge in [-0.3, -0.25) is 19.5 Å². The number of rotatable bonds is 7. The number of amides is 3. The Bertz CT molecular complexity index is 1320. The Morgan fingerprint density at radius 3 is 2.66 bits per heavy atom. The summed E-state index contributed by atoms with van der Waals surface area (Å²) in [5.74, 6) is -0.500. The topological polar surface area (TPSA) is 119 Å². The van der Waals surface area contributed by atoms with Crippen molar-refractivity contribution >= 4 is 29.5 Å². The summed E-state index contributed by atoms with van der Waals surface area (Å²) >= 11 is 6.22. The van der Waals surface area contributed by atoms with Crippen molar-refractivity contribution in [2.24, 2.45) is 0 Å². The van der Waals surface area contributed by atoms with Gasteiger partial charge in [0.15, 0.2) is 0 Å². The molecule has 1 unspecified atom stereocenters. The number of H-pyrrole nitrogens is 1. The predicted octanol–water partition coefficient (Wildman–Crippen LogP) is 4.93. The summed E-state index contributed by atoms with van der Waals surface area (Å²) in [6.45, 7) is 6.28. The van der Waals surface area contributed by atoms with Crippen molar-refractivity contribution in [3.63, 3.8) is 0 Å². The van der Waals surface area contributed by atoms with Gasteiger partial charge in [0.05, 0.1) is 5.69 Å². The van der Waals surface area contributed by atoms with Gasteiger partial charge in [-0.1, -0.05) is 23.7 Å². The standard InChI is InChI=1S/C28H32ClN5O4/c1-28(2,3)34(27(37)38)17-18-9-10-21(29)13-19(18)15-32-25(35)24-8-6-12-33(24)26(36)23-14-20(16-31-23)22-7-4-5-11-30-22/h4-5,7,9-11,13-14,16,24,31H,6,8,12,15,17H2,1-3H3,(H,32,35)(H,37,38). The van der Waals surface area contributed by atoms with Crippen molar-refractivity contribution in [2.75, 3.05) is 6.54 Å². The maximum atomic E-state index is 13.3. The summed E-state index contributed by atoms with van der Waals surface area (Å²) in [6, 6.07) is 11.9. The molecule has 3 aromatic rings. The molecule has 1 fully saturated rings. The molecule has 4 rings (SSSR count). The predicted molar refractivity (Wildman–Crippen MR) is 145 cm³/mol. The maximum Gasteiger partial charge on any atom is 0.408 e. The highest BCUT2D eigenvalue weighted by molar-refractivity contribution is 6.30. The van der Waals surface area contributed by atoms with E-state index < -0.39 is 17.7 Å². The largest absolute Gasteiger partial charge is 0.465 e. The summed E-state index contributed by atoms with van der Waals surface area (Å²) in [6.07, 6.45) is 3.68. The van der Waals surface area contributed by atoms with E-state index in [1.807, 2.05) is 39.0 Å². The fourth-order valence-corrected chi connectivity index (χ4v) is 4.81. The molecule has 0 bridgehead atoms. The molecule has 1 aliphatic heterocycles. The molecule has 1 atom stereocenters. The third kappa shape index (κ3) is 6.16. The first-order chi connectivity index (χ1) is 18.0. The van der Waals surface area contributed by atoms with Crippen LogP contribution in [-0.2, 0) is 17.9 Å². The van der Waals surface area contributed by atoms with Crippen LogP contribution in [0.5, 0.6) is 0 Å². The molecule has 1 saturated heterocycles. The SMILES string of the molecule is CC(C)(C)N(Cc1ccc(Cl)cc1CNC(=O)C1CCCN1C(=O)c1cc(-c2ccccn2)c[nH]1)C(=O)O. The van der Waals surface area contributed by atoms with Crippen LogP contribution in [0.4, 0.5) is 4.79 Å². The lowest BCUT2D eigenvalue weighted by Crippen LogP contribution is -2.46. The molecule has 3 N–H and O–H groups in total. The van der Waals surface area contributed by atoms with Crippen LogP contribution in [0.3, 0.4) is 0 Å². The zero-order valence-electron chi connectivity index (χ0n) is 21.7. The van der Waals surface area contributed by atoms with Gasteiger partial charge in [0.25, 0.3) is 5.91 Å². The fraction of sp³-hybridized carbons (Fsp3) is 0.357. The number of aromatic amines is 1. The minimum absolute atomic E-state index is 0.153. The van der Waals surface area contributed by atoms with Crippen molar-refractivity contribution in [2.45, 2.75) is 58.3 Å². The van der Waals surface area contributed by atoms with E-state index >= 15 is 0 Å². The van der Waals surface area contributed by atoms with Gasteiger partial charge in [-0.15, -0.1) is 0 Å². The Hall–Kier alpha value is -3.85. The minimum Gasteiger partial charge on any atom is -0.465 e. The van der Waals surface area contributed by atoms with E-state index in [4.69, 9.17) is 11.6 Å². The van der Waals surface area contributed by atoms with E-state index in [1.165, 1.54) is 4.90 Å². The van der Waals surface area contributed by atoms with E-state index in [0.29, 0.717) is 23.7 Å². The van der Waals surface area contributed by atoms with Crippen LogP contribution in [-0.4, -0.2) is 60.9 Å². The lowest BCUT2D eigenvalue weighted by atomic mass is 10.0. The highest BCUT2D eigenvalue weighted by atomic mass is 35.5. The van der Waals surface area contributed by atoms with E-state index in [2.05, 4.69) is 15.3 Å². The second-order valence-electron chi connectivity index (χ2n) is 10.3. The number of carbonyl (C=O) groups is 3. The molecule has 200 valence electrons. The Morgan fingerprint density at radius 1 is 1.18 bits per heavy atom. The number of nitrogens with one attached hydrogen (secondary N) is 2. The van der Waals surface area contributed by atoms with Gasteiger partial charge < -0.3 is 20.3 Å². The van der Waals surface area contributed by atoms with Crippen molar-refractivity contribution in [3.05, 3.63) is 76.7 Å². The minimum atomic E-state index is -1.03. The molecule has 1 aromatic carbocycles. The van der Waals surface area contributed by atoms with Gasteiger partial charge in [0.1, 0.15) is 11.7 Å². The Balaban J connectivity index is 1.45. The molecule has 3 amide bonds. The second kappa shape index (κ2) is 11.3. The first-order valence-electron chi connectivity index (χ1n) is 12.5. The van der Waals surface area contributed by atoms with Crippen molar-refractivity contribution in [3.8, 4) is 11.3 Å². The number of benzene rings is 1. The lowest BCUT2D eigenvalue weighted by molar-refractivity contribution is -0.125. The molecular weight excluding hydrogens is 506 g/mol. The molecule has 2 aromatic heterocycles. The first-order valence-corrected chi connectivity index (χ1v) is 12.9. The number of halogens is 1. The monoisotopic (exact) mass is 537 g/mol. The van der Waals surface area contributed by atoms with Crippen LogP contribution >= 0.6 is 11.6 Å². The lowest BCUT2D eigenvalue weighted by Gasteiger charge is -2.33. The van der Waals surface area contributed by atoms with Gasteiger partial charge in [0, 0.05) is 48.2 Å². The number of aromatic nitrogens is 2. The Kier molecular flexibility index (Phi) is 8.06. The van der Waals surface area contributed by atoms with Crippen LogP contribution < -0.4 is 5.32 Å². The zero-order valence-corrected chi connectivity index (χ0v) is 22.5. The Labute approximate surface area is 226 Å². The molecule has 9 nitrogen and oxygen atoms in total. The fourth-order valence-electron chi connectivity index (χ4n) is 4.61. The molecule has 0 spiro atoms. The summed E-state index contributed by atoms with van der Waals surface area (Å²) in [4.78, 5) is 48.6. The smallest absolute Gasteiger partial charge is 0.408 e. The molecule has 0 aliphatic carbocycles. The van der Waals surface area contributed by atoms with E-state index in [1.54, 1.807) is 41.6 Å². The van der Waals surface area contributed by atoms with Gasteiger partial charge in [-0.25, -0.2) is 4.79 Å². The summed E-state index contributed by atoms with van der Waals surface area (Å²) in [5, 5.41) is 13.1. The normalized spacial score (nSPS) is 15.4. The van der Waals surface area contributed by atoms with E-state index in [9.17, 15) is 19.5 Å². The molecule has 3 heterocycles. The second-order valence-corrected chi connectivity index (χ2v) is 10.8. The number of carbonyl (C=O) groups excluding carboxylic acids is 2. The summed E-state index contributed by atoms with van der Waals surface area (Å²) in [5.41, 5.74) is 2.82.